The van der Waals surface area contributed by atoms with Gasteiger partial charge in [0.1, 0.15) is 0 Å². The number of rotatable bonds is 3. The Morgan fingerprint density at radius 2 is 1.92 bits per heavy atom. The molecule has 1 aliphatic carbocycles. The molecule has 128 valence electrons. The van der Waals surface area contributed by atoms with Crippen LogP contribution in [0.4, 0.5) is 0 Å². The molecule has 0 unspecified atom stereocenters. The Bertz CT molecular complexity index is 997. The summed E-state index contributed by atoms with van der Waals surface area (Å²) in [5.74, 6) is -0.134. The van der Waals surface area contributed by atoms with Crippen molar-refractivity contribution in [3.63, 3.8) is 0 Å². The van der Waals surface area contributed by atoms with Crippen LogP contribution >= 0.6 is 11.3 Å². The highest BCUT2D eigenvalue weighted by Gasteiger charge is 2.13. The van der Waals surface area contributed by atoms with Crippen LogP contribution < -0.4 is 4.80 Å². The molecule has 2 aromatic carbocycles. The highest BCUT2D eigenvalue weighted by atomic mass is 32.1. The Morgan fingerprint density at radius 1 is 1.12 bits per heavy atom. The summed E-state index contributed by atoms with van der Waals surface area (Å²) in [5, 5.41) is 0. The van der Waals surface area contributed by atoms with Gasteiger partial charge in [-0.3, -0.25) is 4.79 Å². The van der Waals surface area contributed by atoms with Gasteiger partial charge in [0.25, 0.3) is 5.91 Å². The van der Waals surface area contributed by atoms with Crippen molar-refractivity contribution < 1.29 is 4.79 Å². The lowest BCUT2D eigenvalue weighted by Gasteiger charge is -2.15. The van der Waals surface area contributed by atoms with E-state index in [9.17, 15) is 4.79 Å². The van der Waals surface area contributed by atoms with E-state index in [-0.39, 0.29) is 5.91 Å². The highest BCUT2D eigenvalue weighted by Crippen LogP contribution is 2.23. The lowest BCUT2D eigenvalue weighted by atomic mass is 9.90. The Balaban J connectivity index is 1.76. The van der Waals surface area contributed by atoms with Crippen molar-refractivity contribution in [1.82, 2.24) is 4.57 Å². The number of hydrogen-bond donors (Lipinski definition) is 0. The largest absolute Gasteiger partial charge is 0.316 e. The molecule has 1 aromatic heterocycles. The van der Waals surface area contributed by atoms with Crippen molar-refractivity contribution in [1.29, 1.82) is 0 Å². The van der Waals surface area contributed by atoms with Gasteiger partial charge >= 0.3 is 0 Å². The summed E-state index contributed by atoms with van der Waals surface area (Å²) in [7, 11) is 0. The minimum absolute atomic E-state index is 0.134. The van der Waals surface area contributed by atoms with Crippen LogP contribution in [0.15, 0.2) is 47.5 Å². The number of aryl methyl sites for hydroxylation is 3. The van der Waals surface area contributed by atoms with Gasteiger partial charge in [0.15, 0.2) is 4.80 Å². The van der Waals surface area contributed by atoms with Gasteiger partial charge in [-0.25, -0.2) is 0 Å². The lowest BCUT2D eigenvalue weighted by Crippen LogP contribution is -2.17. The molecule has 0 bridgehead atoms. The van der Waals surface area contributed by atoms with E-state index in [0.717, 1.165) is 36.1 Å². The smallest absolute Gasteiger partial charge is 0.279 e. The van der Waals surface area contributed by atoms with E-state index in [1.165, 1.54) is 28.7 Å². The first-order valence-corrected chi connectivity index (χ1v) is 9.87. The molecule has 0 saturated carbocycles. The number of carbonyl (C=O) groups excluding carboxylic acids is 1. The fraction of sp³-hybridized carbons (Fsp3) is 0.333. The summed E-state index contributed by atoms with van der Waals surface area (Å²) < 4.78 is 3.34. The molecule has 3 nitrogen and oxygen atoms in total. The van der Waals surface area contributed by atoms with Gasteiger partial charge in [0.2, 0.25) is 0 Å². The van der Waals surface area contributed by atoms with Crippen molar-refractivity contribution in [3.05, 3.63) is 64.0 Å². The maximum absolute atomic E-state index is 12.8. The van der Waals surface area contributed by atoms with Crippen LogP contribution in [0.5, 0.6) is 0 Å². The fourth-order valence-corrected chi connectivity index (χ4v) is 4.62. The third kappa shape index (κ3) is 3.19. The number of hydrogen-bond acceptors (Lipinski definition) is 2. The van der Waals surface area contributed by atoms with E-state index >= 15 is 0 Å². The van der Waals surface area contributed by atoms with Crippen molar-refractivity contribution in [2.75, 3.05) is 0 Å². The van der Waals surface area contributed by atoms with Gasteiger partial charge in [-0.1, -0.05) is 36.5 Å². The monoisotopic (exact) mass is 350 g/mol. The third-order valence-electron chi connectivity index (χ3n) is 4.83. The van der Waals surface area contributed by atoms with E-state index in [1.807, 2.05) is 18.2 Å². The minimum Gasteiger partial charge on any atom is -0.316 e. The molecule has 0 aliphatic heterocycles. The van der Waals surface area contributed by atoms with Gasteiger partial charge in [-0.05, 0) is 67.5 Å². The second-order valence-electron chi connectivity index (χ2n) is 6.61. The molecule has 1 aliphatic rings. The Labute approximate surface area is 151 Å². The summed E-state index contributed by atoms with van der Waals surface area (Å²) >= 11 is 1.59. The summed E-state index contributed by atoms with van der Waals surface area (Å²) in [4.78, 5) is 18.0. The number of carbonyl (C=O) groups is 1. The summed E-state index contributed by atoms with van der Waals surface area (Å²) in [5.41, 5.74) is 4.59. The van der Waals surface area contributed by atoms with Gasteiger partial charge < -0.3 is 4.57 Å². The number of amides is 1. The Morgan fingerprint density at radius 3 is 2.76 bits per heavy atom. The molecule has 4 rings (SSSR count). The summed E-state index contributed by atoms with van der Waals surface area (Å²) in [6.45, 7) is 3.02. The molecule has 0 fully saturated rings. The second kappa shape index (κ2) is 6.96. The molecule has 0 radical (unpaired) electrons. The van der Waals surface area contributed by atoms with Crippen LogP contribution in [0.2, 0.25) is 0 Å². The van der Waals surface area contributed by atoms with Crippen LogP contribution in [-0.4, -0.2) is 10.5 Å². The number of benzene rings is 2. The first-order chi connectivity index (χ1) is 12.3. The Hall–Kier alpha value is -2.20. The molecular weight excluding hydrogens is 328 g/mol. The first-order valence-electron chi connectivity index (χ1n) is 9.05. The van der Waals surface area contributed by atoms with Crippen molar-refractivity contribution in [2.45, 2.75) is 45.6 Å². The molecule has 1 heterocycles. The van der Waals surface area contributed by atoms with Crippen molar-refractivity contribution in [2.24, 2.45) is 4.99 Å². The molecule has 0 atom stereocenters. The maximum Gasteiger partial charge on any atom is 0.279 e. The zero-order valence-corrected chi connectivity index (χ0v) is 15.3. The van der Waals surface area contributed by atoms with Gasteiger partial charge in [-0.2, -0.15) is 4.99 Å². The molecule has 4 heteroatoms. The molecular formula is C21H22N2OS. The number of nitrogens with zero attached hydrogens (tertiary/aromatic N) is 2. The molecule has 0 saturated heterocycles. The fourth-order valence-electron chi connectivity index (χ4n) is 3.56. The lowest BCUT2D eigenvalue weighted by molar-refractivity contribution is 0.0997. The maximum atomic E-state index is 12.8. The predicted octanol–water partition coefficient (Wildman–Crippen LogP) is 4.73. The minimum atomic E-state index is -0.134. The quantitative estimate of drug-likeness (QED) is 0.672. The van der Waals surface area contributed by atoms with Crippen molar-refractivity contribution in [3.8, 4) is 0 Å². The zero-order valence-electron chi connectivity index (χ0n) is 14.5. The Kier molecular flexibility index (Phi) is 4.53. The van der Waals surface area contributed by atoms with Crippen LogP contribution in [0.3, 0.4) is 0 Å². The average Bonchev–Trinajstić information content (AvgIpc) is 2.99. The van der Waals surface area contributed by atoms with Gasteiger partial charge in [0.05, 0.1) is 10.2 Å². The number of para-hydroxylation sites is 1. The van der Waals surface area contributed by atoms with Gasteiger partial charge in [0, 0.05) is 12.1 Å². The molecule has 0 N–H and O–H groups in total. The van der Waals surface area contributed by atoms with Gasteiger partial charge in [-0.15, -0.1) is 0 Å². The summed E-state index contributed by atoms with van der Waals surface area (Å²) in [6.07, 6.45) is 5.70. The van der Waals surface area contributed by atoms with Crippen molar-refractivity contribution >= 4 is 27.5 Å². The number of fused-ring (bicyclic) bond motifs is 2. The zero-order chi connectivity index (χ0) is 17.2. The highest BCUT2D eigenvalue weighted by molar-refractivity contribution is 7.16. The molecule has 3 aromatic rings. The first kappa shape index (κ1) is 16.3. The van der Waals surface area contributed by atoms with E-state index in [1.54, 1.807) is 11.3 Å². The van der Waals surface area contributed by atoms with E-state index in [4.69, 9.17) is 0 Å². The average molecular weight is 350 g/mol. The second-order valence-corrected chi connectivity index (χ2v) is 7.62. The molecule has 0 spiro atoms. The van der Waals surface area contributed by atoms with E-state index in [2.05, 4.69) is 40.7 Å². The number of aromatic nitrogens is 1. The van der Waals surface area contributed by atoms with Crippen LogP contribution in [0.25, 0.3) is 10.2 Å². The normalized spacial score (nSPS) is 14.7. The predicted molar refractivity (Wildman–Crippen MR) is 103 cm³/mol. The standard InChI is InChI=1S/C21H22N2OS/c1-2-13-23-18-9-5-6-10-19(18)25-21(23)22-20(24)17-12-11-15-7-3-4-8-16(15)14-17/h5-6,9-12,14H,2-4,7-8,13H2,1H3. The van der Waals surface area contributed by atoms with E-state index < -0.39 is 0 Å². The molecule has 25 heavy (non-hydrogen) atoms. The SMILES string of the molecule is CCCn1c(=NC(=O)c2ccc3c(c2)CCCC3)sc2ccccc21. The van der Waals surface area contributed by atoms with E-state index in [0.29, 0.717) is 5.56 Å². The third-order valence-corrected chi connectivity index (χ3v) is 5.89. The number of thiazole rings is 1. The molecule has 1 amide bonds. The topological polar surface area (TPSA) is 34.4 Å². The van der Waals surface area contributed by atoms with Crippen LogP contribution in [0, 0.1) is 0 Å². The van der Waals surface area contributed by atoms with Crippen LogP contribution in [0.1, 0.15) is 47.7 Å². The summed E-state index contributed by atoms with van der Waals surface area (Å²) in [6, 6.07) is 14.4. The van der Waals surface area contributed by atoms with Crippen LogP contribution in [-0.2, 0) is 19.4 Å².